The molecule has 3 aliphatic heterocycles. The maximum atomic E-state index is 5.44. The van der Waals surface area contributed by atoms with E-state index in [2.05, 4.69) is 210 Å². The highest BCUT2D eigenvalue weighted by molar-refractivity contribution is 6.10. The molecule has 0 radical (unpaired) electrons. The molecule has 1 saturated heterocycles. The summed E-state index contributed by atoms with van der Waals surface area (Å²) in [5.41, 5.74) is 20.9. The second-order valence-corrected chi connectivity index (χ2v) is 17.3. The number of hydrogen-bond acceptors (Lipinski definition) is 4. The van der Waals surface area contributed by atoms with Crippen molar-refractivity contribution in [2.24, 2.45) is 10.9 Å². The Hall–Kier alpha value is -6.33. The Balaban J connectivity index is 0.895. The van der Waals surface area contributed by atoms with E-state index >= 15 is 0 Å². The Morgan fingerprint density at radius 2 is 1.25 bits per heavy atom. The number of hydrogen-bond donors (Lipinski definition) is 2. The summed E-state index contributed by atoms with van der Waals surface area (Å²) in [7, 11) is 0. The number of benzene rings is 6. The summed E-state index contributed by atoms with van der Waals surface area (Å²) < 4.78 is 0. The van der Waals surface area contributed by atoms with Gasteiger partial charge in [-0.25, -0.2) is 5.01 Å². The summed E-state index contributed by atoms with van der Waals surface area (Å²) in [6.45, 7) is 0.917. The van der Waals surface area contributed by atoms with Crippen molar-refractivity contribution < 1.29 is 0 Å². The fourth-order valence-corrected chi connectivity index (χ4v) is 10.7. The van der Waals surface area contributed by atoms with E-state index in [0.717, 1.165) is 49.9 Å². The van der Waals surface area contributed by atoms with Gasteiger partial charge in [0.25, 0.3) is 0 Å². The van der Waals surface area contributed by atoms with Crippen molar-refractivity contribution >= 4 is 11.3 Å². The van der Waals surface area contributed by atoms with E-state index in [9.17, 15) is 0 Å². The quantitative estimate of drug-likeness (QED) is 0.161. The van der Waals surface area contributed by atoms with Crippen LogP contribution in [0.5, 0.6) is 0 Å². The van der Waals surface area contributed by atoms with Gasteiger partial charge in [0.1, 0.15) is 6.17 Å². The lowest BCUT2D eigenvalue weighted by molar-refractivity contribution is 0.0890. The molecule has 6 aromatic rings. The number of aliphatic imine (C=N–C) groups is 1. The van der Waals surface area contributed by atoms with Crippen molar-refractivity contribution in [2.45, 2.75) is 62.2 Å². The van der Waals surface area contributed by atoms with Gasteiger partial charge in [0.15, 0.2) is 0 Å². The van der Waals surface area contributed by atoms with Crippen LogP contribution in [0.2, 0.25) is 0 Å². The first-order valence-electron chi connectivity index (χ1n) is 22.3. The number of hydrazine groups is 1. The van der Waals surface area contributed by atoms with Crippen LogP contribution in [0.3, 0.4) is 0 Å². The molecule has 2 N–H and O–H groups in total. The Kier molecular flexibility index (Phi) is 10.3. The number of nitrogens with zero attached hydrogens (tertiary/aromatic N) is 2. The normalized spacial score (nSPS) is 24.7. The lowest BCUT2D eigenvalue weighted by atomic mass is 9.72. The monoisotopic (exact) mass is 792 g/mol. The lowest BCUT2D eigenvalue weighted by Crippen LogP contribution is -2.43. The van der Waals surface area contributed by atoms with E-state index in [1.165, 1.54) is 61.4 Å². The van der Waals surface area contributed by atoms with E-state index in [1.54, 1.807) is 0 Å². The molecule has 5 aliphatic rings. The van der Waals surface area contributed by atoms with Crippen molar-refractivity contribution in [1.29, 1.82) is 0 Å². The first kappa shape index (κ1) is 37.7. The van der Waals surface area contributed by atoms with Crippen LogP contribution in [0.4, 0.5) is 0 Å². The largest absolute Gasteiger partial charge is 0.363 e. The van der Waals surface area contributed by atoms with Crippen LogP contribution >= 0.6 is 0 Å². The van der Waals surface area contributed by atoms with E-state index in [4.69, 9.17) is 4.99 Å². The lowest BCUT2D eigenvalue weighted by Gasteiger charge is -2.45. The standard InChI is InChI=1S/C57H52N4/c1-5-16-39(17-6-1)40-28-32-44(33-29-40)53-37-52(43-20-9-3-10-21-43)59-57(60-53)46-34-30-41(31-35-46)47-24-15-25-48(36-47)54-49-26-13-14-27-50(49)56-51(42-18-7-2-8-19-42)38-58-61(56)55(54)45-22-11-4-12-23-45/h1-2,4-9,11-30,32-33,36-37,46,51,54-59H,3,10,31,34-35,38H2. The molecule has 4 heteroatoms. The fourth-order valence-electron chi connectivity index (χ4n) is 10.7. The molecule has 0 spiro atoms. The highest BCUT2D eigenvalue weighted by Gasteiger charge is 2.48. The van der Waals surface area contributed by atoms with Crippen molar-refractivity contribution in [3.63, 3.8) is 0 Å². The van der Waals surface area contributed by atoms with Crippen LogP contribution in [0.15, 0.2) is 210 Å². The second kappa shape index (κ2) is 16.6. The third-order valence-corrected chi connectivity index (χ3v) is 13.8. The molecule has 0 aromatic heterocycles. The molecule has 0 bridgehead atoms. The first-order chi connectivity index (χ1) is 30.2. The molecule has 300 valence electrons. The third kappa shape index (κ3) is 7.35. The van der Waals surface area contributed by atoms with Crippen LogP contribution < -0.4 is 10.7 Å². The van der Waals surface area contributed by atoms with Crippen molar-refractivity contribution in [3.05, 3.63) is 244 Å². The maximum Gasteiger partial charge on any atom is 0.122 e. The van der Waals surface area contributed by atoms with Gasteiger partial charge in [-0.1, -0.05) is 188 Å². The Bertz CT molecular complexity index is 2670. The molecule has 6 atom stereocenters. The summed E-state index contributed by atoms with van der Waals surface area (Å²) in [5.74, 6) is 0.928. The molecule has 0 amide bonds. The molecule has 2 aliphatic carbocycles. The molecule has 6 unspecified atom stereocenters. The minimum atomic E-state index is 0.00940. The van der Waals surface area contributed by atoms with E-state index < -0.39 is 0 Å². The maximum absolute atomic E-state index is 5.44. The van der Waals surface area contributed by atoms with Gasteiger partial charge in [0.2, 0.25) is 0 Å². The smallest absolute Gasteiger partial charge is 0.122 e. The fraction of sp³-hybridized carbons (Fsp3) is 0.211. The minimum absolute atomic E-state index is 0.00940. The zero-order valence-corrected chi connectivity index (χ0v) is 34.6. The first-order valence-corrected chi connectivity index (χ1v) is 22.3. The van der Waals surface area contributed by atoms with Gasteiger partial charge in [-0.15, -0.1) is 0 Å². The predicted octanol–water partition coefficient (Wildman–Crippen LogP) is 12.6. The number of allylic oxidation sites excluding steroid dienone is 6. The predicted molar refractivity (Wildman–Crippen MR) is 251 cm³/mol. The van der Waals surface area contributed by atoms with Crippen molar-refractivity contribution in [1.82, 2.24) is 15.8 Å². The van der Waals surface area contributed by atoms with Crippen LogP contribution in [-0.2, 0) is 0 Å². The van der Waals surface area contributed by atoms with E-state index in [-0.39, 0.29) is 24.2 Å². The number of fused-ring (bicyclic) bond motifs is 3. The van der Waals surface area contributed by atoms with Crippen LogP contribution in [0, 0.1) is 5.92 Å². The summed E-state index contributed by atoms with van der Waals surface area (Å²) in [4.78, 5) is 5.44. The third-order valence-electron chi connectivity index (χ3n) is 13.8. The second-order valence-electron chi connectivity index (χ2n) is 17.3. The molecule has 3 heterocycles. The number of nitrogens with one attached hydrogen (secondary N) is 2. The molecule has 1 fully saturated rings. The minimum Gasteiger partial charge on any atom is -0.363 e. The average Bonchev–Trinajstić information content (AvgIpc) is 3.80. The molecule has 6 aromatic carbocycles. The zero-order valence-electron chi connectivity index (χ0n) is 34.6. The van der Waals surface area contributed by atoms with Gasteiger partial charge in [0.05, 0.1) is 17.8 Å². The van der Waals surface area contributed by atoms with E-state index in [1.807, 2.05) is 0 Å². The van der Waals surface area contributed by atoms with Crippen molar-refractivity contribution in [2.75, 3.05) is 6.54 Å². The number of rotatable bonds is 8. The summed E-state index contributed by atoms with van der Waals surface area (Å²) in [6, 6.07) is 61.0. The van der Waals surface area contributed by atoms with Crippen LogP contribution in [0.25, 0.3) is 16.7 Å². The average molecular weight is 793 g/mol. The van der Waals surface area contributed by atoms with E-state index in [0.29, 0.717) is 11.8 Å². The Morgan fingerprint density at radius 3 is 1.98 bits per heavy atom. The molecular weight excluding hydrogens is 741 g/mol. The van der Waals surface area contributed by atoms with Crippen LogP contribution in [-0.4, -0.2) is 23.4 Å². The van der Waals surface area contributed by atoms with Crippen LogP contribution in [0.1, 0.15) is 95.0 Å². The summed E-state index contributed by atoms with van der Waals surface area (Å²) >= 11 is 0. The topological polar surface area (TPSA) is 39.7 Å². The van der Waals surface area contributed by atoms with Gasteiger partial charge < -0.3 is 5.32 Å². The molecule has 61 heavy (non-hydrogen) atoms. The van der Waals surface area contributed by atoms with Gasteiger partial charge in [0, 0.05) is 30.0 Å². The molecule has 4 nitrogen and oxygen atoms in total. The Labute approximate surface area is 360 Å². The molecule has 0 saturated carbocycles. The van der Waals surface area contributed by atoms with Gasteiger partial charge >= 0.3 is 0 Å². The molecular formula is C57H52N4. The molecule has 11 rings (SSSR count). The zero-order chi connectivity index (χ0) is 40.5. The summed E-state index contributed by atoms with van der Waals surface area (Å²) in [5, 5.41) is 6.51. The Morgan fingerprint density at radius 1 is 0.574 bits per heavy atom. The van der Waals surface area contributed by atoms with Crippen molar-refractivity contribution in [3.8, 4) is 11.1 Å². The van der Waals surface area contributed by atoms with Gasteiger partial charge in [-0.3, -0.25) is 10.4 Å². The van der Waals surface area contributed by atoms with Gasteiger partial charge in [-0.05, 0) is 99.4 Å². The van der Waals surface area contributed by atoms with Gasteiger partial charge in [-0.2, -0.15) is 0 Å². The summed E-state index contributed by atoms with van der Waals surface area (Å²) in [6.07, 6.45) is 17.0. The SMILES string of the molecule is C1=CC(C2=CC(c3ccc(-c4ccccc4)cc3)=NC(C3CC=C(c4cccc(C5c6ccccc6C6C(c7ccccc7)CNN6C5c5ccccc5)c4)CC3)N2)=CCC1. The highest BCUT2D eigenvalue weighted by atomic mass is 15.6. The highest BCUT2D eigenvalue weighted by Crippen LogP contribution is 2.55.